The molecule has 2 aromatic heterocycles. The predicted octanol–water partition coefficient (Wildman–Crippen LogP) is 1.68. The Morgan fingerprint density at radius 2 is 2.38 bits per heavy atom. The molecule has 0 spiro atoms. The van der Waals surface area contributed by atoms with Gasteiger partial charge < -0.3 is 11.1 Å². The highest BCUT2D eigenvalue weighted by Gasteiger charge is 2.18. The smallest absolute Gasteiger partial charge is 0.222 e. The fourth-order valence-electron chi connectivity index (χ4n) is 1.99. The third-order valence-electron chi connectivity index (χ3n) is 2.70. The number of nitrogens with one attached hydrogen (secondary N) is 1. The number of hydrogen-bond donors (Lipinski definition) is 2. The number of nitrogens with zero attached hydrogens (tertiary/aromatic N) is 2. The van der Waals surface area contributed by atoms with Gasteiger partial charge in [0.15, 0.2) is 0 Å². The van der Waals surface area contributed by atoms with Crippen molar-refractivity contribution in [2.75, 3.05) is 17.6 Å². The molecule has 0 saturated carbocycles. The average molecular weight is 232 g/mol. The van der Waals surface area contributed by atoms with Gasteiger partial charge in [0.1, 0.15) is 5.82 Å². The number of thiophene rings is 1. The number of fused-ring (bicyclic) bond motifs is 1. The molecule has 16 heavy (non-hydrogen) atoms. The first-order valence-corrected chi connectivity index (χ1v) is 6.12. The molecule has 0 aromatic carbocycles. The van der Waals surface area contributed by atoms with Gasteiger partial charge in [0.05, 0.1) is 5.69 Å². The van der Waals surface area contributed by atoms with Crippen molar-refractivity contribution in [3.8, 4) is 0 Å². The molecule has 5 heteroatoms. The largest absolute Gasteiger partial charge is 0.369 e. The zero-order valence-electron chi connectivity index (χ0n) is 8.73. The Kier molecular flexibility index (Phi) is 2.25. The highest BCUT2D eigenvalue weighted by Crippen LogP contribution is 2.26. The summed E-state index contributed by atoms with van der Waals surface area (Å²) in [6, 6.07) is 4.18. The van der Waals surface area contributed by atoms with Crippen LogP contribution in [0.4, 0.5) is 11.8 Å². The zero-order chi connectivity index (χ0) is 11.0. The number of rotatable bonds is 2. The van der Waals surface area contributed by atoms with Crippen LogP contribution in [0, 0.1) is 0 Å². The molecular weight excluding hydrogens is 220 g/mol. The number of anilines is 2. The van der Waals surface area contributed by atoms with E-state index >= 15 is 0 Å². The molecule has 0 bridgehead atoms. The van der Waals surface area contributed by atoms with Gasteiger partial charge in [-0.2, -0.15) is 4.98 Å². The van der Waals surface area contributed by atoms with Crippen molar-refractivity contribution < 1.29 is 0 Å². The fraction of sp³-hybridized carbons (Fsp3) is 0.273. The molecular formula is C11H12N4S. The van der Waals surface area contributed by atoms with Crippen LogP contribution in [0.15, 0.2) is 17.5 Å². The molecule has 2 aromatic rings. The van der Waals surface area contributed by atoms with Gasteiger partial charge in [-0.1, -0.05) is 6.07 Å². The summed E-state index contributed by atoms with van der Waals surface area (Å²) >= 11 is 1.75. The van der Waals surface area contributed by atoms with E-state index in [2.05, 4.69) is 32.8 Å². The Bertz CT molecular complexity index is 507. The second kappa shape index (κ2) is 3.75. The second-order valence-corrected chi connectivity index (χ2v) is 4.82. The predicted molar refractivity (Wildman–Crippen MR) is 65.8 cm³/mol. The van der Waals surface area contributed by atoms with Crippen LogP contribution in [0.5, 0.6) is 0 Å². The van der Waals surface area contributed by atoms with Gasteiger partial charge >= 0.3 is 0 Å². The molecule has 82 valence electrons. The standard InChI is InChI=1S/C11H12N4S/c12-11-14-9(6-7-2-1-5-16-7)8-3-4-13-10(8)15-11/h1-2,5H,3-4,6H2,(H3,12,13,14,15). The third-order valence-corrected chi connectivity index (χ3v) is 3.58. The minimum Gasteiger partial charge on any atom is -0.369 e. The third kappa shape index (κ3) is 1.63. The Morgan fingerprint density at radius 1 is 1.44 bits per heavy atom. The van der Waals surface area contributed by atoms with Crippen LogP contribution in [0.3, 0.4) is 0 Å². The molecule has 3 N–H and O–H groups in total. The maximum Gasteiger partial charge on any atom is 0.222 e. The lowest BCUT2D eigenvalue weighted by molar-refractivity contribution is 0.999. The topological polar surface area (TPSA) is 63.8 Å². The molecule has 0 amide bonds. The number of nitrogens with two attached hydrogens (primary N) is 1. The Labute approximate surface area is 97.5 Å². The van der Waals surface area contributed by atoms with Gasteiger partial charge in [0.2, 0.25) is 5.95 Å². The van der Waals surface area contributed by atoms with E-state index in [4.69, 9.17) is 5.73 Å². The van der Waals surface area contributed by atoms with Crippen LogP contribution < -0.4 is 11.1 Å². The van der Waals surface area contributed by atoms with Crippen LogP contribution >= 0.6 is 11.3 Å². The molecule has 1 aliphatic rings. The monoisotopic (exact) mass is 232 g/mol. The lowest BCUT2D eigenvalue weighted by Crippen LogP contribution is -2.04. The van der Waals surface area contributed by atoms with Gasteiger partial charge in [-0.05, 0) is 17.9 Å². The highest BCUT2D eigenvalue weighted by atomic mass is 32.1. The molecule has 4 nitrogen and oxygen atoms in total. The van der Waals surface area contributed by atoms with Crippen molar-refractivity contribution in [2.45, 2.75) is 12.8 Å². The van der Waals surface area contributed by atoms with E-state index in [1.807, 2.05) is 0 Å². The van der Waals surface area contributed by atoms with Gasteiger partial charge in [0.25, 0.3) is 0 Å². The molecule has 0 unspecified atom stereocenters. The van der Waals surface area contributed by atoms with Crippen LogP contribution in [0.2, 0.25) is 0 Å². The van der Waals surface area contributed by atoms with Crippen molar-refractivity contribution >= 4 is 23.1 Å². The number of aromatic nitrogens is 2. The SMILES string of the molecule is Nc1nc(Cc2cccs2)c2c(n1)NCC2. The normalized spacial score (nSPS) is 13.5. The molecule has 0 saturated heterocycles. The minimum absolute atomic E-state index is 0.361. The van der Waals surface area contributed by atoms with Gasteiger partial charge in [-0.3, -0.25) is 0 Å². The summed E-state index contributed by atoms with van der Waals surface area (Å²) in [5.74, 6) is 1.28. The lowest BCUT2D eigenvalue weighted by Gasteiger charge is -2.06. The van der Waals surface area contributed by atoms with Gasteiger partial charge in [0, 0.05) is 23.4 Å². The summed E-state index contributed by atoms with van der Waals surface area (Å²) in [4.78, 5) is 9.87. The van der Waals surface area contributed by atoms with Crippen LogP contribution in [0.25, 0.3) is 0 Å². The fourth-order valence-corrected chi connectivity index (χ4v) is 2.70. The summed E-state index contributed by atoms with van der Waals surface area (Å²) in [6.45, 7) is 0.935. The first-order chi connectivity index (χ1) is 7.83. The summed E-state index contributed by atoms with van der Waals surface area (Å²) in [5.41, 5.74) is 7.99. The summed E-state index contributed by atoms with van der Waals surface area (Å²) in [5, 5.41) is 5.31. The number of hydrogen-bond acceptors (Lipinski definition) is 5. The molecule has 3 rings (SSSR count). The Morgan fingerprint density at radius 3 is 3.19 bits per heavy atom. The van der Waals surface area contributed by atoms with Crippen molar-refractivity contribution in [2.24, 2.45) is 0 Å². The second-order valence-electron chi connectivity index (χ2n) is 3.79. The summed E-state index contributed by atoms with van der Waals surface area (Å²) in [6.07, 6.45) is 1.85. The van der Waals surface area contributed by atoms with E-state index in [1.54, 1.807) is 11.3 Å². The first-order valence-electron chi connectivity index (χ1n) is 5.24. The molecule has 0 fully saturated rings. The number of nitrogen functional groups attached to an aromatic ring is 1. The van der Waals surface area contributed by atoms with E-state index in [-0.39, 0.29) is 0 Å². The zero-order valence-corrected chi connectivity index (χ0v) is 9.55. The average Bonchev–Trinajstić information content (AvgIpc) is 2.87. The van der Waals surface area contributed by atoms with E-state index in [0.29, 0.717) is 5.95 Å². The molecule has 0 radical (unpaired) electrons. The molecule has 3 heterocycles. The van der Waals surface area contributed by atoms with E-state index < -0.39 is 0 Å². The van der Waals surface area contributed by atoms with E-state index in [9.17, 15) is 0 Å². The van der Waals surface area contributed by atoms with E-state index in [0.717, 1.165) is 30.9 Å². The lowest BCUT2D eigenvalue weighted by atomic mass is 10.1. The van der Waals surface area contributed by atoms with Crippen molar-refractivity contribution in [1.29, 1.82) is 0 Å². The maximum absolute atomic E-state index is 5.70. The first kappa shape index (κ1) is 9.59. The Hall–Kier alpha value is -1.62. The van der Waals surface area contributed by atoms with Gasteiger partial charge in [-0.25, -0.2) is 4.98 Å². The summed E-state index contributed by atoms with van der Waals surface area (Å²) < 4.78 is 0. The molecule has 0 aliphatic carbocycles. The van der Waals surface area contributed by atoms with Crippen molar-refractivity contribution in [3.63, 3.8) is 0 Å². The van der Waals surface area contributed by atoms with Crippen LogP contribution in [-0.2, 0) is 12.8 Å². The molecule has 0 atom stereocenters. The minimum atomic E-state index is 0.361. The Balaban J connectivity index is 2.00. The quantitative estimate of drug-likeness (QED) is 0.827. The van der Waals surface area contributed by atoms with Crippen molar-refractivity contribution in [3.05, 3.63) is 33.6 Å². The van der Waals surface area contributed by atoms with Gasteiger partial charge in [-0.15, -0.1) is 11.3 Å². The van der Waals surface area contributed by atoms with E-state index in [1.165, 1.54) is 10.4 Å². The highest BCUT2D eigenvalue weighted by molar-refractivity contribution is 7.09. The summed E-state index contributed by atoms with van der Waals surface area (Å²) in [7, 11) is 0. The van der Waals surface area contributed by atoms with Crippen LogP contribution in [0.1, 0.15) is 16.1 Å². The molecule has 1 aliphatic heterocycles. The maximum atomic E-state index is 5.70. The van der Waals surface area contributed by atoms with Crippen LogP contribution in [-0.4, -0.2) is 16.5 Å². The van der Waals surface area contributed by atoms with Crippen molar-refractivity contribution in [1.82, 2.24) is 9.97 Å².